The second-order valence-corrected chi connectivity index (χ2v) is 4.99. The zero-order valence-electron chi connectivity index (χ0n) is 8.00. The average molecular weight is 263 g/mol. The lowest BCUT2D eigenvalue weighted by molar-refractivity contribution is 0.560. The number of hydrogen-bond donors (Lipinski definition) is 2. The van der Waals surface area contributed by atoms with Gasteiger partial charge in [0.1, 0.15) is 4.90 Å². The molecule has 0 bridgehead atoms. The fraction of sp³-hybridized carbons (Fsp3) is 0.111. The number of rotatable bonds is 3. The number of nitrogen functional groups attached to an aromatic ring is 1. The van der Waals surface area contributed by atoms with Gasteiger partial charge in [0.15, 0.2) is 5.82 Å². The third-order valence-electron chi connectivity index (χ3n) is 1.67. The summed E-state index contributed by atoms with van der Waals surface area (Å²) >= 11 is 5.47. The van der Waals surface area contributed by atoms with Gasteiger partial charge in [-0.2, -0.15) is 4.72 Å². The molecule has 16 heavy (non-hydrogen) atoms. The maximum Gasteiger partial charge on any atom is 0.244 e. The van der Waals surface area contributed by atoms with Crippen LogP contribution < -0.4 is 10.5 Å². The van der Waals surface area contributed by atoms with Crippen molar-refractivity contribution in [2.45, 2.75) is 4.90 Å². The number of sulfonamides is 1. The molecular weight excluding hydrogens is 255 g/mol. The molecule has 1 aromatic carbocycles. The van der Waals surface area contributed by atoms with Gasteiger partial charge >= 0.3 is 0 Å². The number of benzene rings is 1. The minimum atomic E-state index is -4.03. The first kappa shape index (κ1) is 12.8. The quantitative estimate of drug-likeness (QED) is 0.630. The van der Waals surface area contributed by atoms with Crippen molar-refractivity contribution in [1.82, 2.24) is 4.72 Å². The van der Waals surface area contributed by atoms with Crippen LogP contribution in [-0.4, -0.2) is 15.0 Å². The van der Waals surface area contributed by atoms with E-state index in [-0.39, 0.29) is 17.3 Å². The molecule has 0 aliphatic heterocycles. The molecule has 0 atom stereocenters. The van der Waals surface area contributed by atoms with E-state index in [1.165, 1.54) is 0 Å². The molecule has 0 spiro atoms. The van der Waals surface area contributed by atoms with Gasteiger partial charge in [0.25, 0.3) is 0 Å². The first-order chi connectivity index (χ1) is 7.38. The van der Waals surface area contributed by atoms with Gasteiger partial charge in [0.05, 0.1) is 11.6 Å². The molecule has 3 N–H and O–H groups in total. The zero-order chi connectivity index (χ0) is 12.3. The number of anilines is 1. The Morgan fingerprint density at radius 2 is 2.19 bits per heavy atom. The summed E-state index contributed by atoms with van der Waals surface area (Å²) in [5, 5.41) is -0.360. The molecule has 0 aromatic heterocycles. The Kier molecular flexibility index (Phi) is 3.75. The molecule has 0 saturated carbocycles. The van der Waals surface area contributed by atoms with Crippen LogP contribution in [-0.2, 0) is 10.0 Å². The molecule has 0 saturated heterocycles. The van der Waals surface area contributed by atoms with Crippen molar-refractivity contribution in [2.24, 2.45) is 0 Å². The number of nitrogens with one attached hydrogen (secondary N) is 1. The van der Waals surface area contributed by atoms with Gasteiger partial charge in [-0.25, -0.2) is 12.8 Å². The van der Waals surface area contributed by atoms with Gasteiger partial charge in [0, 0.05) is 5.69 Å². The fourth-order valence-corrected chi connectivity index (χ4v) is 2.34. The van der Waals surface area contributed by atoms with Crippen LogP contribution in [0.3, 0.4) is 0 Å². The predicted octanol–water partition coefficient (Wildman–Crippen LogP) is 0.973. The van der Waals surface area contributed by atoms with E-state index in [1.807, 2.05) is 4.72 Å². The molecule has 0 amide bonds. The third-order valence-corrected chi connectivity index (χ3v) is 3.35. The maximum absolute atomic E-state index is 13.4. The summed E-state index contributed by atoms with van der Waals surface area (Å²) in [6, 6.07) is 2.09. The standard InChI is InChI=1S/C9H8ClFN2O2S/c1-2-3-13-16(14,15)8-5-6(12)4-7(10)9(8)11/h1,4-5,13H,3,12H2. The number of halogens is 2. The Bertz CT molecular complexity index is 551. The van der Waals surface area contributed by atoms with Crippen LogP contribution in [0.5, 0.6) is 0 Å². The van der Waals surface area contributed by atoms with Crippen LogP contribution in [0.2, 0.25) is 5.02 Å². The molecule has 0 heterocycles. The molecular formula is C9H8ClFN2O2S. The summed E-state index contributed by atoms with van der Waals surface area (Å²) < 4.78 is 38.6. The van der Waals surface area contributed by atoms with Crippen molar-refractivity contribution < 1.29 is 12.8 Å². The van der Waals surface area contributed by atoms with Gasteiger partial charge in [-0.15, -0.1) is 6.42 Å². The van der Waals surface area contributed by atoms with Gasteiger partial charge in [-0.1, -0.05) is 17.5 Å². The normalized spacial score (nSPS) is 11.1. The minimum absolute atomic E-state index is 0.0486. The lowest BCUT2D eigenvalue weighted by Crippen LogP contribution is -2.25. The topological polar surface area (TPSA) is 72.2 Å². The molecule has 0 fully saturated rings. The monoisotopic (exact) mass is 262 g/mol. The van der Waals surface area contributed by atoms with E-state index in [9.17, 15) is 12.8 Å². The van der Waals surface area contributed by atoms with Crippen molar-refractivity contribution in [2.75, 3.05) is 12.3 Å². The number of terminal acetylenes is 1. The highest BCUT2D eigenvalue weighted by Crippen LogP contribution is 2.25. The van der Waals surface area contributed by atoms with Gasteiger partial charge in [-0.05, 0) is 12.1 Å². The molecule has 0 aliphatic rings. The van der Waals surface area contributed by atoms with Crippen molar-refractivity contribution in [3.63, 3.8) is 0 Å². The Balaban J connectivity index is 3.29. The van der Waals surface area contributed by atoms with Crippen molar-refractivity contribution in [3.05, 3.63) is 23.0 Å². The van der Waals surface area contributed by atoms with Crippen molar-refractivity contribution >= 4 is 27.3 Å². The molecule has 1 aromatic rings. The summed E-state index contributed by atoms with van der Waals surface area (Å²) in [7, 11) is -4.03. The SMILES string of the molecule is C#CCNS(=O)(=O)c1cc(N)cc(Cl)c1F. The second-order valence-electron chi connectivity index (χ2n) is 2.84. The molecule has 0 aliphatic carbocycles. The minimum Gasteiger partial charge on any atom is -0.399 e. The van der Waals surface area contributed by atoms with Crippen LogP contribution in [0, 0.1) is 18.2 Å². The van der Waals surface area contributed by atoms with E-state index in [1.54, 1.807) is 0 Å². The summed E-state index contributed by atoms with van der Waals surface area (Å²) in [6.07, 6.45) is 4.89. The first-order valence-corrected chi connectivity index (χ1v) is 5.92. The second kappa shape index (κ2) is 4.70. The van der Waals surface area contributed by atoms with Crippen molar-refractivity contribution in [3.8, 4) is 12.3 Å². The van der Waals surface area contributed by atoms with Crippen LogP contribution in [0.25, 0.3) is 0 Å². The van der Waals surface area contributed by atoms with Crippen LogP contribution >= 0.6 is 11.6 Å². The number of hydrogen-bond acceptors (Lipinski definition) is 3. The van der Waals surface area contributed by atoms with E-state index >= 15 is 0 Å². The Morgan fingerprint density at radius 1 is 1.56 bits per heavy atom. The molecule has 4 nitrogen and oxygen atoms in total. The lowest BCUT2D eigenvalue weighted by atomic mass is 10.3. The highest BCUT2D eigenvalue weighted by molar-refractivity contribution is 7.89. The highest BCUT2D eigenvalue weighted by atomic mass is 35.5. The Labute approximate surface area is 97.6 Å². The third kappa shape index (κ3) is 2.64. The van der Waals surface area contributed by atoms with E-state index in [4.69, 9.17) is 23.8 Å². The van der Waals surface area contributed by atoms with Gasteiger partial charge in [-0.3, -0.25) is 0 Å². The van der Waals surface area contributed by atoms with Gasteiger partial charge < -0.3 is 5.73 Å². The Hall–Kier alpha value is -1.29. The van der Waals surface area contributed by atoms with Crippen LogP contribution in [0.4, 0.5) is 10.1 Å². The number of nitrogens with two attached hydrogens (primary N) is 1. The molecule has 0 radical (unpaired) electrons. The molecule has 0 unspecified atom stereocenters. The largest absolute Gasteiger partial charge is 0.399 e. The van der Waals surface area contributed by atoms with Crippen molar-refractivity contribution in [1.29, 1.82) is 0 Å². The van der Waals surface area contributed by atoms with E-state index < -0.39 is 20.7 Å². The molecule has 86 valence electrons. The predicted molar refractivity (Wildman–Crippen MR) is 59.8 cm³/mol. The average Bonchev–Trinajstić information content (AvgIpc) is 2.20. The molecule has 1 rings (SSSR count). The summed E-state index contributed by atoms with van der Waals surface area (Å²) in [6.45, 7) is -0.242. The van der Waals surface area contributed by atoms with Crippen LogP contribution in [0.15, 0.2) is 17.0 Å². The van der Waals surface area contributed by atoms with Gasteiger partial charge in [0.2, 0.25) is 10.0 Å². The summed E-state index contributed by atoms with van der Waals surface area (Å²) in [5.74, 6) is 1.01. The van der Waals surface area contributed by atoms with E-state index in [2.05, 4.69) is 5.92 Å². The van der Waals surface area contributed by atoms with E-state index in [0.717, 1.165) is 12.1 Å². The Morgan fingerprint density at radius 3 is 2.75 bits per heavy atom. The highest BCUT2D eigenvalue weighted by Gasteiger charge is 2.21. The fourth-order valence-electron chi connectivity index (χ4n) is 0.994. The smallest absolute Gasteiger partial charge is 0.244 e. The first-order valence-electron chi connectivity index (χ1n) is 4.06. The molecule has 7 heteroatoms. The lowest BCUT2D eigenvalue weighted by Gasteiger charge is -2.07. The van der Waals surface area contributed by atoms with E-state index in [0.29, 0.717) is 0 Å². The summed E-state index contributed by atoms with van der Waals surface area (Å²) in [4.78, 5) is -0.618. The summed E-state index contributed by atoms with van der Waals surface area (Å²) in [5.41, 5.74) is 5.42. The van der Waals surface area contributed by atoms with Crippen LogP contribution in [0.1, 0.15) is 0 Å². The maximum atomic E-state index is 13.4. The zero-order valence-corrected chi connectivity index (χ0v) is 9.57.